The summed E-state index contributed by atoms with van der Waals surface area (Å²) < 4.78 is 5.25. The number of rotatable bonds is 6. The first-order chi connectivity index (χ1) is 19.2. The number of phenolic OH excluding ortho intramolecular Hbond substituents is 1. The second-order valence-corrected chi connectivity index (χ2v) is 9.08. The average molecular weight is 508 g/mol. The quantitative estimate of drug-likeness (QED) is 0.248. The van der Waals surface area contributed by atoms with Crippen LogP contribution in [0.3, 0.4) is 0 Å². The third-order valence-corrected chi connectivity index (χ3v) is 6.58. The first kappa shape index (κ1) is 24.1. The summed E-state index contributed by atoms with van der Waals surface area (Å²) in [5.74, 6) is 2.03. The minimum Gasteiger partial charge on any atom is -0.507 e. The van der Waals surface area contributed by atoms with Gasteiger partial charge >= 0.3 is 0 Å². The Labute approximate surface area is 227 Å². The van der Waals surface area contributed by atoms with Gasteiger partial charge in [0.2, 0.25) is 0 Å². The maximum absolute atomic E-state index is 10.7. The van der Waals surface area contributed by atoms with E-state index in [1.807, 2.05) is 60.7 Å². The number of phenols is 1. The van der Waals surface area contributed by atoms with Crippen molar-refractivity contribution in [3.8, 4) is 67.9 Å². The lowest BCUT2D eigenvalue weighted by Crippen LogP contribution is -2.00. The zero-order valence-electron chi connectivity index (χ0n) is 21.3. The molecule has 39 heavy (non-hydrogen) atoms. The molecule has 0 aliphatic heterocycles. The smallest absolute Gasteiger partial charge is 0.167 e. The van der Waals surface area contributed by atoms with Gasteiger partial charge in [-0.3, -0.25) is 0 Å². The van der Waals surface area contributed by atoms with E-state index in [1.165, 1.54) is 0 Å². The van der Waals surface area contributed by atoms with Crippen molar-refractivity contribution in [3.05, 3.63) is 127 Å². The fourth-order valence-electron chi connectivity index (χ4n) is 4.47. The Morgan fingerprint density at radius 3 is 1.31 bits per heavy atom. The van der Waals surface area contributed by atoms with Gasteiger partial charge in [0.25, 0.3) is 0 Å². The number of aromatic nitrogens is 3. The monoisotopic (exact) mass is 507 g/mol. The second kappa shape index (κ2) is 10.6. The average Bonchev–Trinajstić information content (AvgIpc) is 3.02. The Balaban J connectivity index is 1.44. The van der Waals surface area contributed by atoms with E-state index >= 15 is 0 Å². The molecule has 0 fully saturated rings. The summed E-state index contributed by atoms with van der Waals surface area (Å²) in [6, 6.07) is 41.8. The first-order valence-corrected chi connectivity index (χ1v) is 12.6. The molecule has 1 aromatic heterocycles. The fraction of sp³-hybridized carbons (Fsp3) is 0.0294. The highest BCUT2D eigenvalue weighted by molar-refractivity contribution is 5.73. The van der Waals surface area contributed by atoms with Crippen LogP contribution in [-0.4, -0.2) is 27.2 Å². The zero-order valence-corrected chi connectivity index (χ0v) is 21.3. The molecule has 0 atom stereocenters. The van der Waals surface area contributed by atoms with Gasteiger partial charge in [-0.1, -0.05) is 109 Å². The van der Waals surface area contributed by atoms with Crippen molar-refractivity contribution in [2.75, 3.05) is 7.11 Å². The molecule has 1 N–H and O–H groups in total. The lowest BCUT2D eigenvalue weighted by atomic mass is 10.0. The van der Waals surface area contributed by atoms with Gasteiger partial charge in [0.15, 0.2) is 17.5 Å². The molecule has 0 aliphatic rings. The van der Waals surface area contributed by atoms with Gasteiger partial charge in [0, 0.05) is 17.2 Å². The Bertz CT molecular complexity index is 1620. The maximum atomic E-state index is 10.7. The summed E-state index contributed by atoms with van der Waals surface area (Å²) in [5.41, 5.74) is 6.71. The van der Waals surface area contributed by atoms with Crippen molar-refractivity contribution < 1.29 is 9.84 Å². The largest absolute Gasteiger partial charge is 0.507 e. The number of methoxy groups -OCH3 is 1. The van der Waals surface area contributed by atoms with Crippen LogP contribution in [0.1, 0.15) is 0 Å². The van der Waals surface area contributed by atoms with Gasteiger partial charge in [0.05, 0.1) is 12.7 Å². The molecule has 188 valence electrons. The van der Waals surface area contributed by atoms with Gasteiger partial charge in [-0.25, -0.2) is 15.0 Å². The standard InChI is InChI=1S/C34H25N3O2/c1-39-29-20-21-30(31(38)22-29)34-36-32(27-16-12-25(13-17-27)23-8-4-2-5-9-23)35-33(37-34)28-18-14-26(15-19-28)24-10-6-3-7-11-24/h2-22,38H,1H3. The van der Waals surface area contributed by atoms with Gasteiger partial charge in [0.1, 0.15) is 11.5 Å². The minimum atomic E-state index is 0.0382. The van der Waals surface area contributed by atoms with Crippen LogP contribution < -0.4 is 4.74 Å². The molecule has 6 rings (SSSR count). The van der Waals surface area contributed by atoms with Crippen LogP contribution in [0, 0.1) is 0 Å². The molecule has 0 saturated carbocycles. The van der Waals surface area contributed by atoms with Crippen molar-refractivity contribution in [2.45, 2.75) is 0 Å². The molecule has 5 nitrogen and oxygen atoms in total. The van der Waals surface area contributed by atoms with Crippen LogP contribution >= 0.6 is 0 Å². The fourth-order valence-corrected chi connectivity index (χ4v) is 4.47. The van der Waals surface area contributed by atoms with Crippen molar-refractivity contribution in [1.29, 1.82) is 0 Å². The number of nitrogens with zero attached hydrogens (tertiary/aromatic N) is 3. The summed E-state index contributed by atoms with van der Waals surface area (Å²) >= 11 is 0. The van der Waals surface area contributed by atoms with Gasteiger partial charge in [-0.05, 0) is 34.4 Å². The third kappa shape index (κ3) is 5.11. The predicted octanol–water partition coefficient (Wildman–Crippen LogP) is 7.92. The van der Waals surface area contributed by atoms with Crippen LogP contribution in [0.15, 0.2) is 127 Å². The Morgan fingerprint density at radius 2 is 0.872 bits per heavy atom. The van der Waals surface area contributed by atoms with E-state index in [4.69, 9.17) is 19.7 Å². The second-order valence-electron chi connectivity index (χ2n) is 9.08. The van der Waals surface area contributed by atoms with Crippen molar-refractivity contribution in [2.24, 2.45) is 0 Å². The van der Waals surface area contributed by atoms with E-state index in [-0.39, 0.29) is 5.75 Å². The van der Waals surface area contributed by atoms with Crippen LogP contribution in [0.4, 0.5) is 0 Å². The lowest BCUT2D eigenvalue weighted by molar-refractivity contribution is 0.408. The number of benzene rings is 5. The van der Waals surface area contributed by atoms with Gasteiger partial charge in [-0.2, -0.15) is 0 Å². The van der Waals surface area contributed by atoms with Crippen molar-refractivity contribution in [3.63, 3.8) is 0 Å². The van der Waals surface area contributed by atoms with E-state index < -0.39 is 0 Å². The minimum absolute atomic E-state index is 0.0382. The molecule has 0 radical (unpaired) electrons. The maximum Gasteiger partial charge on any atom is 0.167 e. The highest BCUT2D eigenvalue weighted by atomic mass is 16.5. The van der Waals surface area contributed by atoms with Crippen molar-refractivity contribution in [1.82, 2.24) is 15.0 Å². The summed E-state index contributed by atoms with van der Waals surface area (Å²) in [4.78, 5) is 14.4. The van der Waals surface area contributed by atoms with Crippen LogP contribution in [0.2, 0.25) is 0 Å². The number of ether oxygens (including phenoxy) is 1. The first-order valence-electron chi connectivity index (χ1n) is 12.6. The number of hydrogen-bond donors (Lipinski definition) is 1. The van der Waals surface area contributed by atoms with Crippen LogP contribution in [-0.2, 0) is 0 Å². The van der Waals surface area contributed by atoms with Crippen LogP contribution in [0.5, 0.6) is 11.5 Å². The predicted molar refractivity (Wildman–Crippen MR) is 155 cm³/mol. The van der Waals surface area contributed by atoms with Crippen LogP contribution in [0.25, 0.3) is 56.4 Å². The molecule has 1 heterocycles. The molecule has 5 heteroatoms. The van der Waals surface area contributed by atoms with Crippen molar-refractivity contribution >= 4 is 0 Å². The summed E-state index contributed by atoms with van der Waals surface area (Å²) in [6.45, 7) is 0. The molecule has 0 spiro atoms. The molecule has 0 saturated heterocycles. The zero-order chi connectivity index (χ0) is 26.6. The summed E-state index contributed by atoms with van der Waals surface area (Å²) in [7, 11) is 1.56. The lowest BCUT2D eigenvalue weighted by Gasteiger charge is -2.11. The Kier molecular flexibility index (Phi) is 6.54. The van der Waals surface area contributed by atoms with E-state index in [0.29, 0.717) is 28.8 Å². The SMILES string of the molecule is COc1ccc(-c2nc(-c3ccc(-c4ccccc4)cc3)nc(-c3ccc(-c4ccccc4)cc3)n2)c(O)c1. The highest BCUT2D eigenvalue weighted by Gasteiger charge is 2.15. The van der Waals surface area contributed by atoms with E-state index in [2.05, 4.69) is 48.5 Å². The van der Waals surface area contributed by atoms with Gasteiger partial charge < -0.3 is 9.84 Å². The highest BCUT2D eigenvalue weighted by Crippen LogP contribution is 2.33. The number of aromatic hydroxyl groups is 1. The van der Waals surface area contributed by atoms with E-state index in [9.17, 15) is 5.11 Å². The Morgan fingerprint density at radius 1 is 0.462 bits per heavy atom. The topological polar surface area (TPSA) is 68.1 Å². The normalized spacial score (nSPS) is 10.8. The molecule has 0 unspecified atom stereocenters. The molecule has 0 amide bonds. The summed E-state index contributed by atoms with van der Waals surface area (Å²) in [5, 5.41) is 10.7. The molecule has 6 aromatic rings. The molecular weight excluding hydrogens is 482 g/mol. The number of hydrogen-bond acceptors (Lipinski definition) is 5. The molecule has 5 aromatic carbocycles. The Hall–Kier alpha value is -5.29. The van der Waals surface area contributed by atoms with E-state index in [0.717, 1.165) is 33.4 Å². The third-order valence-electron chi connectivity index (χ3n) is 6.58. The summed E-state index contributed by atoms with van der Waals surface area (Å²) in [6.07, 6.45) is 0. The van der Waals surface area contributed by atoms with Gasteiger partial charge in [-0.15, -0.1) is 0 Å². The molecule has 0 bridgehead atoms. The molecular formula is C34H25N3O2. The van der Waals surface area contributed by atoms with E-state index in [1.54, 1.807) is 25.3 Å². The molecule has 0 aliphatic carbocycles.